The van der Waals surface area contributed by atoms with Crippen LogP contribution in [0.3, 0.4) is 0 Å². The number of rotatable bonds is 12. The summed E-state index contributed by atoms with van der Waals surface area (Å²) in [6.45, 7) is 0. The number of benzene rings is 4. The highest BCUT2D eigenvalue weighted by atomic mass is 16.5. The molecule has 0 saturated carbocycles. The average Bonchev–Trinajstić information content (AvgIpc) is 1.45. The summed E-state index contributed by atoms with van der Waals surface area (Å²) in [7, 11) is 20.6. The minimum atomic E-state index is -1.14. The van der Waals surface area contributed by atoms with Gasteiger partial charge in [-0.1, -0.05) is 0 Å². The van der Waals surface area contributed by atoms with Crippen LogP contribution >= 0.6 is 0 Å². The van der Waals surface area contributed by atoms with Gasteiger partial charge in [0.05, 0.1) is 0 Å². The SMILES string of the molecule is COC12C=CC(OC)(C=C1)c1cc3cc(c1)C1(OC)C=CC(OC)(C=C1)c1cc4cc(c1)C1(OC)C=CC(OC)(C=C1)c1cc(cc(c1)C1(OC)C=CC(OC)(C=C1)c1cc2cc(c1)C1(OC)C=CC3(OC)C=C1)C1(OC)C=CC4(OC)C=C1. The highest BCUT2D eigenvalue weighted by molar-refractivity contribution is 5.61. The molecule has 4 aromatic rings. The van der Waals surface area contributed by atoms with E-state index in [9.17, 15) is 0 Å². The Balaban J connectivity index is 1.15. The molecular weight excluding hydrogens is 1060 g/mol. The molecule has 0 aromatic heterocycles. The summed E-state index contributed by atoms with van der Waals surface area (Å²) in [5, 5.41) is 0. The quantitative estimate of drug-likeness (QED) is 0.126. The first-order chi connectivity index (χ1) is 40.5. The molecule has 0 fully saturated rings. The normalized spacial score (nSPS) is 37.9. The fraction of sp³-hybridized carbons (Fsp3) is 0.333. The predicted molar refractivity (Wildman–Crippen MR) is 320 cm³/mol. The highest BCUT2D eigenvalue weighted by Gasteiger charge is 2.49. The lowest BCUT2D eigenvalue weighted by Gasteiger charge is -2.43. The molecule has 26 rings (SSSR count). The van der Waals surface area contributed by atoms with Crippen LogP contribution in [0, 0.1) is 0 Å². The van der Waals surface area contributed by atoms with E-state index in [0.29, 0.717) is 0 Å². The van der Waals surface area contributed by atoms with Gasteiger partial charge in [0.25, 0.3) is 0 Å². The molecule has 24 bridgehead atoms. The van der Waals surface area contributed by atoms with Crippen LogP contribution in [-0.4, -0.2) is 85.3 Å². The van der Waals surface area contributed by atoms with Crippen molar-refractivity contribution in [2.45, 2.75) is 67.2 Å². The van der Waals surface area contributed by atoms with Crippen LogP contribution < -0.4 is 0 Å². The molecule has 84 heavy (non-hydrogen) atoms. The van der Waals surface area contributed by atoms with Gasteiger partial charge in [0.2, 0.25) is 0 Å². The van der Waals surface area contributed by atoms with Crippen LogP contribution in [-0.2, 0) is 124 Å². The summed E-state index contributed by atoms with van der Waals surface area (Å²) in [4.78, 5) is 0. The van der Waals surface area contributed by atoms with E-state index in [0.717, 1.165) is 66.8 Å². The van der Waals surface area contributed by atoms with Crippen LogP contribution in [0.5, 0.6) is 0 Å². The molecule has 0 saturated heterocycles. The molecule has 0 atom stereocenters. The first-order valence-corrected chi connectivity index (χ1v) is 28.2. The largest absolute Gasteiger partial charge is 0.365 e. The Bertz CT molecular complexity index is 3020. The van der Waals surface area contributed by atoms with E-state index in [-0.39, 0.29) is 0 Å². The Labute approximate surface area is 492 Å². The third-order valence-electron chi connectivity index (χ3n) is 20.1. The van der Waals surface area contributed by atoms with Gasteiger partial charge in [-0.05, 0) is 285 Å². The Hall–Kier alpha value is -6.72. The van der Waals surface area contributed by atoms with E-state index in [2.05, 4.69) is 219 Å². The Morgan fingerprint density at radius 2 is 0.190 bits per heavy atom. The van der Waals surface area contributed by atoms with Gasteiger partial charge >= 0.3 is 0 Å². The second kappa shape index (κ2) is 19.4. The van der Waals surface area contributed by atoms with Crippen molar-refractivity contribution in [2.75, 3.05) is 85.3 Å². The van der Waals surface area contributed by atoms with Gasteiger partial charge in [0, 0.05) is 85.3 Å². The van der Waals surface area contributed by atoms with Crippen molar-refractivity contribution in [1.82, 2.24) is 0 Å². The lowest BCUT2D eigenvalue weighted by atomic mass is 9.71. The zero-order chi connectivity index (χ0) is 58.9. The molecule has 12 heteroatoms. The standard InChI is InChI=1S/C72H72O12/c1-73-61-13-15-62(74-2,16-14-61)51-38-52-44-58(43-51)71(83-11)33-35-72(84-12,36-34-71)60-47-55-40-56(48-60)68(80-8)27-23-66(78-6,24-28-68)54-39-53(65(77-5)21-25-67(55,79-7)26-22-65)45-59(46-54)70(82-10)31-29-69(81-9,30-32-70)57-41-49(61)37-50(42-57)63(75-3)17-19-64(52,76-4)20-18-63/h13-48H,1-12H3. The van der Waals surface area contributed by atoms with E-state index in [1.165, 1.54) is 0 Å². The maximum atomic E-state index is 6.75. The van der Waals surface area contributed by atoms with Crippen LogP contribution in [0.2, 0.25) is 0 Å². The first kappa shape index (κ1) is 56.4. The van der Waals surface area contributed by atoms with Gasteiger partial charge in [-0.25, -0.2) is 0 Å². The van der Waals surface area contributed by atoms with Crippen molar-refractivity contribution in [3.05, 3.63) is 285 Å². The lowest BCUT2D eigenvalue weighted by Crippen LogP contribution is -2.39. The van der Waals surface area contributed by atoms with Gasteiger partial charge in [-0.3, -0.25) is 0 Å². The van der Waals surface area contributed by atoms with Crippen LogP contribution in [0.4, 0.5) is 0 Å². The molecule has 0 N–H and O–H groups in total. The summed E-state index contributed by atoms with van der Waals surface area (Å²) >= 11 is 0. The zero-order valence-electron chi connectivity index (χ0n) is 49.7. The van der Waals surface area contributed by atoms with Crippen molar-refractivity contribution in [3.63, 3.8) is 0 Å². The fourth-order valence-electron chi connectivity index (χ4n) is 14.2. The van der Waals surface area contributed by atoms with Crippen molar-refractivity contribution in [2.24, 2.45) is 0 Å². The molecular formula is C72H72O12. The Morgan fingerprint density at radius 1 is 0.131 bits per heavy atom. The Morgan fingerprint density at radius 3 is 0.238 bits per heavy atom. The molecule has 0 amide bonds. The van der Waals surface area contributed by atoms with E-state index in [1.807, 2.05) is 0 Å². The van der Waals surface area contributed by atoms with Crippen LogP contribution in [0.25, 0.3) is 0 Å². The summed E-state index contributed by atoms with van der Waals surface area (Å²) in [5.74, 6) is 0. The molecule has 4 aromatic carbocycles. The minimum absolute atomic E-state index is 0.812. The van der Waals surface area contributed by atoms with E-state index < -0.39 is 67.2 Å². The molecule has 0 unspecified atom stereocenters. The van der Waals surface area contributed by atoms with Gasteiger partial charge in [-0.2, -0.15) is 0 Å². The van der Waals surface area contributed by atoms with Crippen LogP contribution in [0.15, 0.2) is 219 Å². The Kier molecular flexibility index (Phi) is 13.0. The number of methoxy groups -OCH3 is 12. The monoisotopic (exact) mass is 1130 g/mol. The maximum absolute atomic E-state index is 6.75. The van der Waals surface area contributed by atoms with Crippen molar-refractivity contribution in [1.29, 1.82) is 0 Å². The van der Waals surface area contributed by atoms with Crippen LogP contribution in [0.1, 0.15) is 66.8 Å². The minimum Gasteiger partial charge on any atom is -0.365 e. The van der Waals surface area contributed by atoms with Crippen molar-refractivity contribution < 1.29 is 56.8 Å². The lowest BCUT2D eigenvalue weighted by molar-refractivity contribution is 0.0303. The smallest absolute Gasteiger partial charge is 0.129 e. The topological polar surface area (TPSA) is 111 Å². The third-order valence-corrected chi connectivity index (χ3v) is 20.1. The summed E-state index contributed by atoms with van der Waals surface area (Å²) in [6, 6.07) is 25.7. The first-order valence-electron chi connectivity index (χ1n) is 28.2. The van der Waals surface area contributed by atoms with E-state index in [4.69, 9.17) is 56.8 Å². The molecule has 22 aliphatic carbocycles. The number of ether oxygens (including phenoxy) is 12. The van der Waals surface area contributed by atoms with Gasteiger partial charge in [0.1, 0.15) is 67.2 Å². The average molecular weight is 1130 g/mol. The second-order valence-electron chi connectivity index (χ2n) is 23.2. The maximum Gasteiger partial charge on any atom is 0.129 e. The molecule has 12 nitrogen and oxygen atoms in total. The van der Waals surface area contributed by atoms with Gasteiger partial charge in [-0.15, -0.1) is 0 Å². The zero-order valence-corrected chi connectivity index (χ0v) is 49.7. The van der Waals surface area contributed by atoms with E-state index in [1.54, 1.807) is 85.3 Å². The summed E-state index contributed by atoms with van der Waals surface area (Å²) in [6.07, 6.45) is 49.6. The van der Waals surface area contributed by atoms with E-state index >= 15 is 0 Å². The van der Waals surface area contributed by atoms with Gasteiger partial charge in [0.15, 0.2) is 0 Å². The molecule has 432 valence electrons. The highest BCUT2D eigenvalue weighted by Crippen LogP contribution is 2.53. The molecule has 0 aliphatic heterocycles. The molecule has 0 spiro atoms. The second-order valence-corrected chi connectivity index (χ2v) is 23.2. The van der Waals surface area contributed by atoms with Gasteiger partial charge < -0.3 is 56.8 Å². The summed E-state index contributed by atoms with van der Waals surface area (Å²) < 4.78 is 80.5. The molecule has 0 heterocycles. The number of hydrogen-bond acceptors (Lipinski definition) is 12. The van der Waals surface area contributed by atoms with Crippen molar-refractivity contribution >= 4 is 0 Å². The van der Waals surface area contributed by atoms with Crippen molar-refractivity contribution in [3.8, 4) is 0 Å². The fourth-order valence-corrected chi connectivity index (χ4v) is 14.2. The molecule has 0 radical (unpaired) electrons. The third kappa shape index (κ3) is 7.63. The summed E-state index contributed by atoms with van der Waals surface area (Å²) in [5.41, 5.74) is -3.43. The molecule has 22 aliphatic rings. The predicted octanol–water partition coefficient (Wildman–Crippen LogP) is 11.7. The number of hydrogen-bond donors (Lipinski definition) is 0.